The number of anilines is 2. The summed E-state index contributed by atoms with van der Waals surface area (Å²) in [5.41, 5.74) is 0.655. The second kappa shape index (κ2) is 9.12. The van der Waals surface area contributed by atoms with Gasteiger partial charge in [-0.15, -0.1) is 0 Å². The summed E-state index contributed by atoms with van der Waals surface area (Å²) >= 11 is 0. The highest BCUT2D eigenvalue weighted by molar-refractivity contribution is 5.82. The fourth-order valence-electron chi connectivity index (χ4n) is 2.46. The van der Waals surface area contributed by atoms with E-state index in [1.54, 1.807) is 18.3 Å². The van der Waals surface area contributed by atoms with Crippen molar-refractivity contribution < 1.29 is 19.4 Å². The lowest BCUT2D eigenvalue weighted by Crippen LogP contribution is -2.16. The standard InChI is InChI=1S/C18H23FN4O3/c1-23(2)9-3-7-20-16-10-12(6-8-21-16)17(24)14-5-4-13(11-15(14)19)22-18(25)26/h4-6,8,10-11,17,22,24H,3,7,9H2,1-2H3,(H,20,21)(H,25,26). The Morgan fingerprint density at radius 1 is 1.31 bits per heavy atom. The van der Waals surface area contributed by atoms with E-state index in [1.165, 1.54) is 12.1 Å². The van der Waals surface area contributed by atoms with E-state index in [2.05, 4.69) is 20.5 Å². The number of rotatable bonds is 8. The van der Waals surface area contributed by atoms with Gasteiger partial charge in [0.2, 0.25) is 0 Å². The Morgan fingerprint density at radius 3 is 2.73 bits per heavy atom. The van der Waals surface area contributed by atoms with E-state index >= 15 is 0 Å². The topological polar surface area (TPSA) is 97.7 Å². The van der Waals surface area contributed by atoms with Crippen LogP contribution in [0.2, 0.25) is 0 Å². The average Bonchev–Trinajstić information content (AvgIpc) is 2.58. The maximum atomic E-state index is 14.2. The maximum Gasteiger partial charge on any atom is 0.409 e. The van der Waals surface area contributed by atoms with Gasteiger partial charge in [-0.2, -0.15) is 0 Å². The molecule has 0 radical (unpaired) electrons. The predicted octanol–water partition coefficient (Wildman–Crippen LogP) is 2.76. The molecular formula is C18H23FN4O3. The summed E-state index contributed by atoms with van der Waals surface area (Å²) in [4.78, 5) is 16.9. The molecule has 7 nitrogen and oxygen atoms in total. The van der Waals surface area contributed by atoms with Crippen LogP contribution in [0.25, 0.3) is 0 Å². The van der Waals surface area contributed by atoms with Crippen LogP contribution in [-0.2, 0) is 0 Å². The first kappa shape index (κ1) is 19.6. The molecule has 8 heteroatoms. The molecule has 0 saturated carbocycles. The second-order valence-electron chi connectivity index (χ2n) is 6.13. The predicted molar refractivity (Wildman–Crippen MR) is 98.0 cm³/mol. The zero-order valence-corrected chi connectivity index (χ0v) is 14.7. The molecule has 1 atom stereocenters. The quantitative estimate of drug-likeness (QED) is 0.539. The zero-order valence-electron chi connectivity index (χ0n) is 14.7. The Hall–Kier alpha value is -2.71. The van der Waals surface area contributed by atoms with Gasteiger partial charge in [-0.05, 0) is 56.9 Å². The molecule has 0 fully saturated rings. The number of nitrogens with zero attached hydrogens (tertiary/aromatic N) is 2. The van der Waals surface area contributed by atoms with Crippen LogP contribution < -0.4 is 10.6 Å². The van der Waals surface area contributed by atoms with Crippen LogP contribution in [0.1, 0.15) is 23.7 Å². The summed E-state index contributed by atoms with van der Waals surface area (Å²) in [7, 11) is 4.00. The maximum absolute atomic E-state index is 14.2. The number of amides is 1. The van der Waals surface area contributed by atoms with Crippen LogP contribution in [0.3, 0.4) is 0 Å². The molecular weight excluding hydrogens is 339 g/mol. The van der Waals surface area contributed by atoms with Crippen molar-refractivity contribution in [1.29, 1.82) is 0 Å². The van der Waals surface area contributed by atoms with E-state index in [4.69, 9.17) is 5.11 Å². The molecule has 26 heavy (non-hydrogen) atoms. The molecule has 1 aromatic heterocycles. The molecule has 0 saturated heterocycles. The Morgan fingerprint density at radius 2 is 2.08 bits per heavy atom. The van der Waals surface area contributed by atoms with Crippen molar-refractivity contribution in [3.63, 3.8) is 0 Å². The van der Waals surface area contributed by atoms with Gasteiger partial charge in [-0.3, -0.25) is 5.32 Å². The number of halogens is 1. The molecule has 0 bridgehead atoms. The molecule has 140 valence electrons. The Balaban J connectivity index is 2.08. The largest absolute Gasteiger partial charge is 0.465 e. The van der Waals surface area contributed by atoms with E-state index < -0.39 is 18.0 Å². The molecule has 0 aliphatic carbocycles. The molecule has 2 rings (SSSR count). The highest BCUT2D eigenvalue weighted by Crippen LogP contribution is 2.27. The minimum atomic E-state index is -1.28. The number of nitrogens with one attached hydrogen (secondary N) is 2. The molecule has 2 aromatic rings. The van der Waals surface area contributed by atoms with Crippen molar-refractivity contribution in [2.75, 3.05) is 37.8 Å². The number of hydrogen-bond acceptors (Lipinski definition) is 5. The van der Waals surface area contributed by atoms with E-state index in [0.717, 1.165) is 25.6 Å². The lowest BCUT2D eigenvalue weighted by atomic mass is 10.0. The van der Waals surface area contributed by atoms with Crippen molar-refractivity contribution in [2.45, 2.75) is 12.5 Å². The highest BCUT2D eigenvalue weighted by Gasteiger charge is 2.16. The summed E-state index contributed by atoms with van der Waals surface area (Å²) in [5, 5.41) is 24.4. The van der Waals surface area contributed by atoms with Gasteiger partial charge in [0.1, 0.15) is 17.7 Å². The van der Waals surface area contributed by atoms with Crippen molar-refractivity contribution in [3.05, 3.63) is 53.5 Å². The number of aromatic nitrogens is 1. The van der Waals surface area contributed by atoms with Gasteiger partial charge in [-0.1, -0.05) is 6.07 Å². The third-order valence-electron chi connectivity index (χ3n) is 3.73. The number of pyridine rings is 1. The molecule has 0 spiro atoms. The van der Waals surface area contributed by atoms with E-state index in [-0.39, 0.29) is 11.3 Å². The normalized spacial score (nSPS) is 12.0. The fraction of sp³-hybridized carbons (Fsp3) is 0.333. The monoisotopic (exact) mass is 362 g/mol. The minimum Gasteiger partial charge on any atom is -0.465 e. The highest BCUT2D eigenvalue weighted by atomic mass is 19.1. The van der Waals surface area contributed by atoms with Gasteiger partial charge < -0.3 is 20.4 Å². The van der Waals surface area contributed by atoms with Gasteiger partial charge in [0, 0.05) is 24.0 Å². The molecule has 1 amide bonds. The van der Waals surface area contributed by atoms with Crippen molar-refractivity contribution in [3.8, 4) is 0 Å². The third-order valence-corrected chi connectivity index (χ3v) is 3.73. The lowest BCUT2D eigenvalue weighted by molar-refractivity contribution is 0.209. The summed E-state index contributed by atoms with van der Waals surface area (Å²) in [6, 6.07) is 7.07. The molecule has 0 aliphatic heterocycles. The number of aliphatic hydroxyl groups is 1. The van der Waals surface area contributed by atoms with Crippen LogP contribution in [0, 0.1) is 5.82 Å². The van der Waals surface area contributed by atoms with E-state index in [0.29, 0.717) is 11.4 Å². The molecule has 4 N–H and O–H groups in total. The smallest absolute Gasteiger partial charge is 0.409 e. The van der Waals surface area contributed by atoms with Crippen molar-refractivity contribution in [2.24, 2.45) is 0 Å². The Kier molecular flexibility index (Phi) is 6.88. The average molecular weight is 362 g/mol. The van der Waals surface area contributed by atoms with Crippen LogP contribution in [0.4, 0.5) is 20.7 Å². The number of carbonyl (C=O) groups is 1. The van der Waals surface area contributed by atoms with Gasteiger partial charge in [0.05, 0.1) is 0 Å². The summed E-state index contributed by atoms with van der Waals surface area (Å²) < 4.78 is 14.2. The Bertz CT molecular complexity index is 755. The van der Waals surface area contributed by atoms with Gasteiger partial charge in [0.25, 0.3) is 0 Å². The molecule has 1 unspecified atom stereocenters. The van der Waals surface area contributed by atoms with E-state index in [1.807, 2.05) is 14.1 Å². The molecule has 0 aliphatic rings. The van der Waals surface area contributed by atoms with Crippen molar-refractivity contribution in [1.82, 2.24) is 9.88 Å². The second-order valence-corrected chi connectivity index (χ2v) is 6.13. The first-order valence-corrected chi connectivity index (χ1v) is 8.19. The molecule has 1 heterocycles. The number of hydrogen-bond donors (Lipinski definition) is 4. The minimum absolute atomic E-state index is 0.0608. The third kappa shape index (κ3) is 5.68. The lowest BCUT2D eigenvalue weighted by Gasteiger charge is -2.15. The fourth-order valence-corrected chi connectivity index (χ4v) is 2.46. The van der Waals surface area contributed by atoms with Crippen LogP contribution in [0.5, 0.6) is 0 Å². The van der Waals surface area contributed by atoms with Gasteiger partial charge in [0.15, 0.2) is 0 Å². The first-order valence-electron chi connectivity index (χ1n) is 8.19. The number of benzene rings is 1. The Labute approximate surface area is 151 Å². The zero-order chi connectivity index (χ0) is 19.1. The van der Waals surface area contributed by atoms with Crippen molar-refractivity contribution >= 4 is 17.6 Å². The number of aliphatic hydroxyl groups excluding tert-OH is 1. The summed E-state index contributed by atoms with van der Waals surface area (Å²) in [6.45, 7) is 1.67. The van der Waals surface area contributed by atoms with Gasteiger partial charge in [-0.25, -0.2) is 14.2 Å². The summed E-state index contributed by atoms with van der Waals surface area (Å²) in [6.07, 6.45) is 0.0233. The van der Waals surface area contributed by atoms with Gasteiger partial charge >= 0.3 is 6.09 Å². The van der Waals surface area contributed by atoms with Crippen LogP contribution in [-0.4, -0.2) is 53.4 Å². The summed E-state index contributed by atoms with van der Waals surface area (Å²) in [5.74, 6) is -0.0917. The molecule has 1 aromatic carbocycles. The van der Waals surface area contributed by atoms with E-state index in [9.17, 15) is 14.3 Å². The van der Waals surface area contributed by atoms with Crippen LogP contribution in [0.15, 0.2) is 36.5 Å². The first-order chi connectivity index (χ1) is 12.4. The SMILES string of the molecule is CN(C)CCCNc1cc(C(O)c2ccc(NC(=O)O)cc2F)ccn1. The van der Waals surface area contributed by atoms with Crippen LogP contribution >= 0.6 is 0 Å². The number of carboxylic acid groups (broad SMARTS) is 1.